The second-order valence-electron chi connectivity index (χ2n) is 4.67. The quantitative estimate of drug-likeness (QED) is 0.887. The molecule has 0 heterocycles. The molecular weight excluding hydrogens is 337 g/mol. The molecule has 0 bridgehead atoms. The Morgan fingerprint density at radius 1 is 1.14 bits per heavy atom. The van der Waals surface area contributed by atoms with Gasteiger partial charge in [0.05, 0.1) is 18.7 Å². The van der Waals surface area contributed by atoms with Gasteiger partial charge >= 0.3 is 0 Å². The van der Waals surface area contributed by atoms with Crippen LogP contribution in [0.25, 0.3) is 0 Å². The van der Waals surface area contributed by atoms with Crippen LogP contribution in [0.15, 0.2) is 40.9 Å². The van der Waals surface area contributed by atoms with Crippen molar-refractivity contribution in [3.63, 3.8) is 0 Å². The second kappa shape index (κ2) is 6.91. The number of rotatable bonds is 5. The summed E-state index contributed by atoms with van der Waals surface area (Å²) in [6, 6.07) is 10.1. The fourth-order valence-corrected chi connectivity index (χ4v) is 2.59. The summed E-state index contributed by atoms with van der Waals surface area (Å²) in [5, 5.41) is 0. The smallest absolute Gasteiger partial charge is 0.137 e. The first-order valence-electron chi connectivity index (χ1n) is 6.46. The van der Waals surface area contributed by atoms with E-state index in [0.29, 0.717) is 16.6 Å². The summed E-state index contributed by atoms with van der Waals surface area (Å²) < 4.78 is 24.3. The third-order valence-electron chi connectivity index (χ3n) is 3.28. The standard InChI is InChI=1S/C16H17BrFNO2/c1-20-11-4-6-16(21-2)12(9-11)15(19)8-10-3-5-14(18)13(17)7-10/h3-7,9,15H,8,19H2,1-2H3. The Balaban J connectivity index is 2.26. The molecule has 2 aromatic rings. The lowest BCUT2D eigenvalue weighted by atomic mass is 9.98. The monoisotopic (exact) mass is 353 g/mol. The number of methoxy groups -OCH3 is 2. The van der Waals surface area contributed by atoms with Gasteiger partial charge in [0.25, 0.3) is 0 Å². The van der Waals surface area contributed by atoms with Crippen LogP contribution in [0.4, 0.5) is 4.39 Å². The maximum Gasteiger partial charge on any atom is 0.137 e. The fourth-order valence-electron chi connectivity index (χ4n) is 2.16. The predicted octanol–water partition coefficient (Wildman–Crippen LogP) is 3.85. The zero-order valence-electron chi connectivity index (χ0n) is 11.9. The minimum atomic E-state index is -0.286. The first kappa shape index (κ1) is 15.8. The van der Waals surface area contributed by atoms with Gasteiger partial charge in [-0.15, -0.1) is 0 Å². The summed E-state index contributed by atoms with van der Waals surface area (Å²) in [5.74, 6) is 1.15. The molecule has 0 spiro atoms. The molecule has 0 aliphatic rings. The van der Waals surface area contributed by atoms with Crippen LogP contribution < -0.4 is 15.2 Å². The maximum absolute atomic E-state index is 13.3. The summed E-state index contributed by atoms with van der Waals surface area (Å²) in [6.07, 6.45) is 0.572. The predicted molar refractivity (Wildman–Crippen MR) is 84.3 cm³/mol. The van der Waals surface area contributed by atoms with Crippen molar-refractivity contribution < 1.29 is 13.9 Å². The molecule has 5 heteroatoms. The minimum absolute atomic E-state index is 0.271. The van der Waals surface area contributed by atoms with E-state index in [1.165, 1.54) is 6.07 Å². The van der Waals surface area contributed by atoms with E-state index in [0.717, 1.165) is 16.9 Å². The molecule has 0 saturated heterocycles. The molecule has 2 aromatic carbocycles. The Labute approximate surface area is 132 Å². The molecule has 3 nitrogen and oxygen atoms in total. The molecule has 0 fully saturated rings. The molecule has 0 amide bonds. The minimum Gasteiger partial charge on any atom is -0.497 e. The number of hydrogen-bond acceptors (Lipinski definition) is 3. The van der Waals surface area contributed by atoms with Crippen molar-refractivity contribution in [3.8, 4) is 11.5 Å². The highest BCUT2D eigenvalue weighted by Gasteiger charge is 2.14. The van der Waals surface area contributed by atoms with Crippen LogP contribution in [0.2, 0.25) is 0 Å². The van der Waals surface area contributed by atoms with Crippen LogP contribution in [-0.4, -0.2) is 14.2 Å². The third-order valence-corrected chi connectivity index (χ3v) is 3.88. The average Bonchev–Trinajstić information content (AvgIpc) is 2.50. The van der Waals surface area contributed by atoms with Gasteiger partial charge in [0.2, 0.25) is 0 Å². The van der Waals surface area contributed by atoms with Crippen molar-refractivity contribution in [3.05, 3.63) is 57.8 Å². The highest BCUT2D eigenvalue weighted by Crippen LogP contribution is 2.30. The van der Waals surface area contributed by atoms with Crippen LogP contribution in [0.3, 0.4) is 0 Å². The van der Waals surface area contributed by atoms with Crippen LogP contribution in [-0.2, 0) is 6.42 Å². The maximum atomic E-state index is 13.3. The van der Waals surface area contributed by atoms with Crippen molar-refractivity contribution in [2.45, 2.75) is 12.5 Å². The average molecular weight is 354 g/mol. The van der Waals surface area contributed by atoms with Gasteiger partial charge in [-0.05, 0) is 58.2 Å². The van der Waals surface area contributed by atoms with Gasteiger partial charge in [-0.3, -0.25) is 0 Å². The van der Waals surface area contributed by atoms with Crippen molar-refractivity contribution in [1.29, 1.82) is 0 Å². The van der Waals surface area contributed by atoms with Gasteiger partial charge in [0, 0.05) is 11.6 Å². The van der Waals surface area contributed by atoms with Gasteiger partial charge in [-0.1, -0.05) is 6.07 Å². The van der Waals surface area contributed by atoms with E-state index < -0.39 is 0 Å². The first-order valence-corrected chi connectivity index (χ1v) is 7.26. The zero-order chi connectivity index (χ0) is 15.4. The van der Waals surface area contributed by atoms with Gasteiger partial charge in [0.1, 0.15) is 17.3 Å². The van der Waals surface area contributed by atoms with Crippen LogP contribution >= 0.6 is 15.9 Å². The normalized spacial score (nSPS) is 12.0. The Morgan fingerprint density at radius 2 is 1.90 bits per heavy atom. The van der Waals surface area contributed by atoms with Gasteiger partial charge < -0.3 is 15.2 Å². The number of benzene rings is 2. The van der Waals surface area contributed by atoms with E-state index in [4.69, 9.17) is 15.2 Å². The Morgan fingerprint density at radius 3 is 2.52 bits per heavy atom. The summed E-state index contributed by atoms with van der Waals surface area (Å²) >= 11 is 3.18. The van der Waals surface area contributed by atoms with Crippen molar-refractivity contribution in [2.75, 3.05) is 14.2 Å². The van der Waals surface area contributed by atoms with E-state index in [1.807, 2.05) is 18.2 Å². The summed E-state index contributed by atoms with van der Waals surface area (Å²) in [6.45, 7) is 0. The zero-order valence-corrected chi connectivity index (χ0v) is 13.5. The van der Waals surface area contributed by atoms with Gasteiger partial charge in [0.15, 0.2) is 0 Å². The lowest BCUT2D eigenvalue weighted by molar-refractivity contribution is 0.395. The highest BCUT2D eigenvalue weighted by molar-refractivity contribution is 9.10. The highest BCUT2D eigenvalue weighted by atomic mass is 79.9. The molecule has 0 aromatic heterocycles. The number of ether oxygens (including phenoxy) is 2. The van der Waals surface area contributed by atoms with E-state index >= 15 is 0 Å². The second-order valence-corrected chi connectivity index (χ2v) is 5.52. The number of hydrogen-bond donors (Lipinski definition) is 1. The number of nitrogens with two attached hydrogens (primary N) is 1. The largest absolute Gasteiger partial charge is 0.497 e. The van der Waals surface area contributed by atoms with E-state index in [2.05, 4.69) is 15.9 Å². The van der Waals surface area contributed by atoms with Crippen LogP contribution in [0.1, 0.15) is 17.2 Å². The third kappa shape index (κ3) is 3.74. The van der Waals surface area contributed by atoms with Gasteiger partial charge in [-0.2, -0.15) is 0 Å². The van der Waals surface area contributed by atoms with Crippen molar-refractivity contribution in [2.24, 2.45) is 5.73 Å². The Bertz CT molecular complexity index is 634. The molecule has 112 valence electrons. The van der Waals surface area contributed by atoms with E-state index in [-0.39, 0.29) is 11.9 Å². The molecule has 0 radical (unpaired) electrons. The molecule has 0 aliphatic heterocycles. The van der Waals surface area contributed by atoms with E-state index in [9.17, 15) is 4.39 Å². The molecule has 0 aliphatic carbocycles. The lowest BCUT2D eigenvalue weighted by Crippen LogP contribution is -2.14. The molecule has 21 heavy (non-hydrogen) atoms. The number of halogens is 2. The molecule has 0 saturated carbocycles. The van der Waals surface area contributed by atoms with Crippen LogP contribution in [0, 0.1) is 5.82 Å². The Hall–Kier alpha value is -1.59. The lowest BCUT2D eigenvalue weighted by Gasteiger charge is -2.17. The summed E-state index contributed by atoms with van der Waals surface area (Å²) in [7, 11) is 3.21. The topological polar surface area (TPSA) is 44.5 Å². The fraction of sp³-hybridized carbons (Fsp3) is 0.250. The molecule has 1 unspecified atom stereocenters. The Kier molecular flexibility index (Phi) is 5.20. The van der Waals surface area contributed by atoms with Crippen molar-refractivity contribution in [1.82, 2.24) is 0 Å². The van der Waals surface area contributed by atoms with E-state index in [1.54, 1.807) is 26.4 Å². The summed E-state index contributed by atoms with van der Waals surface area (Å²) in [5.41, 5.74) is 8.07. The summed E-state index contributed by atoms with van der Waals surface area (Å²) in [4.78, 5) is 0. The molecule has 2 rings (SSSR count). The molecule has 2 N–H and O–H groups in total. The van der Waals surface area contributed by atoms with Gasteiger partial charge in [-0.25, -0.2) is 4.39 Å². The molecular formula is C16H17BrFNO2. The van der Waals surface area contributed by atoms with Crippen LogP contribution in [0.5, 0.6) is 11.5 Å². The first-order chi connectivity index (χ1) is 10.0. The molecule has 1 atom stereocenters. The van der Waals surface area contributed by atoms with Crippen molar-refractivity contribution >= 4 is 15.9 Å². The SMILES string of the molecule is COc1ccc(OC)c(C(N)Cc2ccc(F)c(Br)c2)c1.